The Morgan fingerprint density at radius 2 is 2.14 bits per heavy atom. The Labute approximate surface area is 129 Å². The van der Waals surface area contributed by atoms with E-state index in [9.17, 15) is 9.18 Å². The molecule has 1 unspecified atom stereocenters. The molecule has 0 saturated carbocycles. The van der Waals surface area contributed by atoms with Crippen LogP contribution in [0.5, 0.6) is 5.75 Å². The van der Waals surface area contributed by atoms with Gasteiger partial charge in [0.05, 0.1) is 5.92 Å². The number of nitrogens with one attached hydrogen (secondary N) is 1. The SMILES string of the molecule is CC1C(=O)NCCc2cc(OCc3cccc(F)c3)ccc21. The standard InChI is InChI=1S/C18H18FNO2/c1-12-17-6-5-16(10-14(17)7-8-20-18(12)21)22-11-13-3-2-4-15(19)9-13/h2-6,9-10,12H,7-8,11H2,1H3,(H,20,21). The summed E-state index contributed by atoms with van der Waals surface area (Å²) >= 11 is 0. The van der Waals surface area contributed by atoms with Crippen LogP contribution in [0, 0.1) is 5.82 Å². The molecule has 2 aromatic rings. The summed E-state index contributed by atoms with van der Waals surface area (Å²) in [7, 11) is 0. The van der Waals surface area contributed by atoms with Crippen molar-refractivity contribution in [3.05, 3.63) is 65.0 Å². The normalized spacial score (nSPS) is 17.4. The molecule has 0 radical (unpaired) electrons. The summed E-state index contributed by atoms with van der Waals surface area (Å²) in [6, 6.07) is 12.2. The van der Waals surface area contributed by atoms with Gasteiger partial charge in [0.2, 0.25) is 5.91 Å². The molecule has 1 N–H and O–H groups in total. The molecule has 22 heavy (non-hydrogen) atoms. The zero-order valence-electron chi connectivity index (χ0n) is 12.4. The average Bonchev–Trinajstić information content (AvgIpc) is 2.65. The first-order valence-corrected chi connectivity index (χ1v) is 7.41. The predicted molar refractivity (Wildman–Crippen MR) is 82.3 cm³/mol. The van der Waals surface area contributed by atoms with Crippen LogP contribution in [0.15, 0.2) is 42.5 Å². The van der Waals surface area contributed by atoms with Gasteiger partial charge in [-0.1, -0.05) is 18.2 Å². The molecular formula is C18H18FNO2. The Morgan fingerprint density at radius 1 is 1.27 bits per heavy atom. The van der Waals surface area contributed by atoms with Crippen molar-refractivity contribution in [1.29, 1.82) is 0 Å². The summed E-state index contributed by atoms with van der Waals surface area (Å²) in [6.45, 7) is 2.87. The lowest BCUT2D eigenvalue weighted by molar-refractivity contribution is -0.122. The predicted octanol–water partition coefficient (Wildman–Crippen LogP) is 3.18. The Morgan fingerprint density at radius 3 is 2.95 bits per heavy atom. The van der Waals surface area contributed by atoms with E-state index in [1.54, 1.807) is 6.07 Å². The molecule has 0 saturated heterocycles. The van der Waals surface area contributed by atoms with Crippen LogP contribution in [-0.2, 0) is 17.8 Å². The summed E-state index contributed by atoms with van der Waals surface area (Å²) in [4.78, 5) is 11.8. The minimum atomic E-state index is -0.263. The fourth-order valence-electron chi connectivity index (χ4n) is 2.72. The summed E-state index contributed by atoms with van der Waals surface area (Å²) in [5.41, 5.74) is 2.97. The van der Waals surface area contributed by atoms with Crippen LogP contribution < -0.4 is 10.1 Å². The highest BCUT2D eigenvalue weighted by molar-refractivity contribution is 5.84. The first kappa shape index (κ1) is 14.6. The lowest BCUT2D eigenvalue weighted by Crippen LogP contribution is -2.26. The first-order chi connectivity index (χ1) is 10.6. The van der Waals surface area contributed by atoms with E-state index in [1.165, 1.54) is 12.1 Å². The molecule has 1 amide bonds. The van der Waals surface area contributed by atoms with Crippen molar-refractivity contribution in [3.8, 4) is 5.75 Å². The molecule has 1 atom stereocenters. The monoisotopic (exact) mass is 299 g/mol. The lowest BCUT2D eigenvalue weighted by atomic mass is 9.95. The maximum absolute atomic E-state index is 13.1. The molecule has 3 nitrogen and oxygen atoms in total. The number of fused-ring (bicyclic) bond motifs is 1. The van der Waals surface area contributed by atoms with Gasteiger partial charge in [-0.2, -0.15) is 0 Å². The van der Waals surface area contributed by atoms with E-state index in [1.807, 2.05) is 31.2 Å². The highest BCUT2D eigenvalue weighted by Gasteiger charge is 2.21. The van der Waals surface area contributed by atoms with E-state index < -0.39 is 0 Å². The average molecular weight is 299 g/mol. The Kier molecular flexibility index (Phi) is 4.09. The first-order valence-electron chi connectivity index (χ1n) is 7.41. The summed E-state index contributed by atoms with van der Waals surface area (Å²) in [5.74, 6) is 0.396. The lowest BCUT2D eigenvalue weighted by Gasteiger charge is -2.13. The van der Waals surface area contributed by atoms with Crippen molar-refractivity contribution in [2.75, 3.05) is 6.54 Å². The van der Waals surface area contributed by atoms with Gasteiger partial charge >= 0.3 is 0 Å². The zero-order chi connectivity index (χ0) is 15.5. The molecule has 1 aliphatic heterocycles. The maximum Gasteiger partial charge on any atom is 0.227 e. The van der Waals surface area contributed by atoms with E-state index in [-0.39, 0.29) is 17.6 Å². The van der Waals surface area contributed by atoms with Crippen molar-refractivity contribution < 1.29 is 13.9 Å². The molecule has 4 heteroatoms. The second-order valence-electron chi connectivity index (χ2n) is 5.54. The van der Waals surface area contributed by atoms with E-state index >= 15 is 0 Å². The fourth-order valence-corrected chi connectivity index (χ4v) is 2.72. The van der Waals surface area contributed by atoms with Gasteiger partial charge in [0.1, 0.15) is 18.2 Å². The number of amides is 1. The van der Waals surface area contributed by atoms with Gasteiger partial charge in [0, 0.05) is 6.54 Å². The van der Waals surface area contributed by atoms with Gasteiger partial charge < -0.3 is 10.1 Å². The smallest absolute Gasteiger partial charge is 0.227 e. The van der Waals surface area contributed by atoms with Crippen LogP contribution in [0.4, 0.5) is 4.39 Å². The molecule has 0 spiro atoms. The van der Waals surface area contributed by atoms with Gasteiger partial charge in [-0.25, -0.2) is 4.39 Å². The van der Waals surface area contributed by atoms with Crippen LogP contribution >= 0.6 is 0 Å². The minimum absolute atomic E-state index is 0.0622. The molecule has 1 heterocycles. The number of carbonyl (C=O) groups is 1. The van der Waals surface area contributed by atoms with Crippen LogP contribution in [0.3, 0.4) is 0 Å². The third-order valence-electron chi connectivity index (χ3n) is 3.96. The summed E-state index contributed by atoms with van der Waals surface area (Å²) < 4.78 is 18.9. The molecule has 0 aromatic heterocycles. The highest BCUT2D eigenvalue weighted by Crippen LogP contribution is 2.27. The van der Waals surface area contributed by atoms with Crippen molar-refractivity contribution in [3.63, 3.8) is 0 Å². The number of ether oxygens (including phenoxy) is 1. The Balaban J connectivity index is 1.76. The van der Waals surface area contributed by atoms with Gasteiger partial charge in [0.25, 0.3) is 0 Å². The van der Waals surface area contributed by atoms with E-state index in [4.69, 9.17) is 4.74 Å². The largest absolute Gasteiger partial charge is 0.489 e. The van der Waals surface area contributed by atoms with Gasteiger partial charge in [-0.3, -0.25) is 4.79 Å². The molecule has 0 aliphatic carbocycles. The molecular weight excluding hydrogens is 281 g/mol. The fraction of sp³-hybridized carbons (Fsp3) is 0.278. The highest BCUT2D eigenvalue weighted by atomic mass is 19.1. The summed E-state index contributed by atoms with van der Waals surface area (Å²) in [6.07, 6.45) is 0.794. The third-order valence-corrected chi connectivity index (χ3v) is 3.96. The Hall–Kier alpha value is -2.36. The zero-order valence-corrected chi connectivity index (χ0v) is 12.4. The minimum Gasteiger partial charge on any atom is -0.489 e. The molecule has 0 fully saturated rings. The van der Waals surface area contributed by atoms with Crippen molar-refractivity contribution in [2.45, 2.75) is 25.9 Å². The third kappa shape index (κ3) is 3.11. The number of carbonyl (C=O) groups excluding carboxylic acids is 1. The van der Waals surface area contributed by atoms with Gasteiger partial charge in [-0.15, -0.1) is 0 Å². The number of hydrogen-bond donors (Lipinski definition) is 1. The van der Waals surface area contributed by atoms with Crippen LogP contribution in [-0.4, -0.2) is 12.5 Å². The summed E-state index contributed by atoms with van der Waals surface area (Å²) in [5, 5.41) is 2.90. The number of halogens is 1. The molecule has 0 bridgehead atoms. The second-order valence-corrected chi connectivity index (χ2v) is 5.54. The van der Waals surface area contributed by atoms with Crippen LogP contribution in [0.25, 0.3) is 0 Å². The van der Waals surface area contributed by atoms with E-state index in [2.05, 4.69) is 5.32 Å². The Bertz CT molecular complexity index is 699. The number of benzene rings is 2. The topological polar surface area (TPSA) is 38.3 Å². The number of hydrogen-bond acceptors (Lipinski definition) is 2. The second kappa shape index (κ2) is 6.18. The molecule has 1 aliphatic rings. The molecule has 2 aromatic carbocycles. The van der Waals surface area contributed by atoms with Crippen LogP contribution in [0.1, 0.15) is 29.5 Å². The number of rotatable bonds is 3. The van der Waals surface area contributed by atoms with E-state index in [0.29, 0.717) is 13.2 Å². The van der Waals surface area contributed by atoms with E-state index in [0.717, 1.165) is 28.9 Å². The maximum atomic E-state index is 13.1. The van der Waals surface area contributed by atoms with Crippen molar-refractivity contribution in [2.24, 2.45) is 0 Å². The molecule has 3 rings (SSSR count). The van der Waals surface area contributed by atoms with Crippen LogP contribution in [0.2, 0.25) is 0 Å². The van der Waals surface area contributed by atoms with Gasteiger partial charge in [-0.05, 0) is 54.3 Å². The quantitative estimate of drug-likeness (QED) is 0.945. The van der Waals surface area contributed by atoms with Crippen molar-refractivity contribution in [1.82, 2.24) is 5.32 Å². The molecule has 114 valence electrons. The van der Waals surface area contributed by atoms with Crippen molar-refractivity contribution >= 4 is 5.91 Å². The van der Waals surface area contributed by atoms with Gasteiger partial charge in [0.15, 0.2) is 0 Å².